The van der Waals surface area contributed by atoms with E-state index in [4.69, 9.17) is 0 Å². The molecule has 1 amide bonds. The Morgan fingerprint density at radius 3 is 2.47 bits per heavy atom. The summed E-state index contributed by atoms with van der Waals surface area (Å²) in [6.45, 7) is 2.13. The van der Waals surface area contributed by atoms with E-state index in [9.17, 15) is 18.3 Å². The number of benzene rings is 2. The van der Waals surface area contributed by atoms with Gasteiger partial charge in [-0.25, -0.2) is 8.42 Å². The van der Waals surface area contributed by atoms with Gasteiger partial charge in [0.25, 0.3) is 0 Å². The van der Waals surface area contributed by atoms with Gasteiger partial charge in [-0.15, -0.1) is 0 Å². The molecular formula is C23H32N2O4S3. The highest BCUT2D eigenvalue weighted by molar-refractivity contribution is 7.90. The van der Waals surface area contributed by atoms with E-state index in [1.54, 1.807) is 4.90 Å². The highest BCUT2D eigenvalue weighted by atomic mass is 32.2. The second-order valence-electron chi connectivity index (χ2n) is 8.45. The van der Waals surface area contributed by atoms with Gasteiger partial charge in [-0.05, 0) is 28.7 Å². The molecule has 9 heteroatoms. The zero-order chi connectivity index (χ0) is 21.3. The van der Waals surface area contributed by atoms with Crippen molar-refractivity contribution >= 4 is 42.7 Å². The van der Waals surface area contributed by atoms with Gasteiger partial charge in [-0.2, -0.15) is 27.0 Å². The molecule has 0 spiro atoms. The predicted octanol–water partition coefficient (Wildman–Crippen LogP) is 2.15. The Balaban J connectivity index is 0.00000181. The SMILES string of the molecule is CN(C(=O)Cc1ccc2c(c1)CS(=O)(=O)C2)[C@H](CN1CC[C@H](O)C1)c1ccccc1.S.S. The van der Waals surface area contributed by atoms with Crippen molar-refractivity contribution in [3.8, 4) is 0 Å². The van der Waals surface area contributed by atoms with Crippen LogP contribution in [-0.4, -0.2) is 62.0 Å². The third kappa shape index (κ3) is 6.29. The molecule has 0 aliphatic carbocycles. The van der Waals surface area contributed by atoms with E-state index >= 15 is 0 Å². The molecule has 2 aliphatic rings. The quantitative estimate of drug-likeness (QED) is 0.663. The minimum Gasteiger partial charge on any atom is -0.392 e. The van der Waals surface area contributed by atoms with Crippen LogP contribution in [0, 0.1) is 0 Å². The maximum Gasteiger partial charge on any atom is 0.227 e. The molecule has 0 unspecified atom stereocenters. The van der Waals surface area contributed by atoms with Gasteiger partial charge in [0, 0.05) is 26.7 Å². The zero-order valence-corrected chi connectivity index (χ0v) is 21.0. The van der Waals surface area contributed by atoms with Crippen molar-refractivity contribution in [3.05, 3.63) is 70.8 Å². The first kappa shape index (κ1) is 26.7. The first-order chi connectivity index (χ1) is 14.3. The van der Waals surface area contributed by atoms with E-state index < -0.39 is 9.84 Å². The fourth-order valence-corrected chi connectivity index (χ4v) is 6.01. The standard InChI is InChI=1S/C23H28N2O4S.2H2S/c1-24(22(18-5-3-2-4-6-18)14-25-10-9-21(26)13-25)23(27)12-17-7-8-19-15-30(28,29)16-20(19)11-17;;/h2-8,11,21-22,26H,9-10,12-16H2,1H3;2*1H2/t21-,22+;;/m0../s1. The number of hydrogen-bond donors (Lipinski definition) is 1. The number of likely N-dealkylation sites (N-methyl/N-ethyl adjacent to an activating group) is 1. The molecule has 2 heterocycles. The number of hydrogen-bond acceptors (Lipinski definition) is 5. The van der Waals surface area contributed by atoms with Gasteiger partial charge in [0.15, 0.2) is 9.84 Å². The van der Waals surface area contributed by atoms with E-state index in [1.807, 2.05) is 55.6 Å². The molecule has 1 N–H and O–H groups in total. The molecule has 32 heavy (non-hydrogen) atoms. The predicted molar refractivity (Wildman–Crippen MR) is 136 cm³/mol. The van der Waals surface area contributed by atoms with Crippen LogP contribution < -0.4 is 0 Å². The van der Waals surface area contributed by atoms with Crippen LogP contribution in [-0.2, 0) is 32.6 Å². The lowest BCUT2D eigenvalue weighted by molar-refractivity contribution is -0.131. The lowest BCUT2D eigenvalue weighted by Crippen LogP contribution is -2.39. The molecule has 2 atom stereocenters. The number of fused-ring (bicyclic) bond motifs is 1. The first-order valence-electron chi connectivity index (χ1n) is 10.3. The van der Waals surface area contributed by atoms with Crippen LogP contribution in [0.4, 0.5) is 0 Å². The molecule has 2 aromatic rings. The van der Waals surface area contributed by atoms with Crippen molar-refractivity contribution in [2.45, 2.75) is 36.5 Å². The van der Waals surface area contributed by atoms with Crippen LogP contribution in [0.2, 0.25) is 0 Å². The average Bonchev–Trinajstić information content (AvgIpc) is 3.26. The summed E-state index contributed by atoms with van der Waals surface area (Å²) in [6.07, 6.45) is 0.692. The number of sulfone groups is 1. The Hall–Kier alpha value is -1.52. The van der Waals surface area contributed by atoms with E-state index in [2.05, 4.69) is 4.90 Å². The van der Waals surface area contributed by atoms with Crippen molar-refractivity contribution < 1.29 is 18.3 Å². The number of nitrogens with zero attached hydrogens (tertiary/aromatic N) is 2. The average molecular weight is 497 g/mol. The van der Waals surface area contributed by atoms with Gasteiger partial charge < -0.3 is 10.0 Å². The monoisotopic (exact) mass is 496 g/mol. The van der Waals surface area contributed by atoms with Crippen LogP contribution in [0.1, 0.15) is 34.7 Å². The molecule has 1 saturated heterocycles. The second-order valence-corrected chi connectivity index (χ2v) is 10.5. The molecule has 0 bridgehead atoms. The van der Waals surface area contributed by atoms with E-state index in [0.717, 1.165) is 35.2 Å². The molecule has 0 aromatic heterocycles. The van der Waals surface area contributed by atoms with Crippen molar-refractivity contribution in [2.24, 2.45) is 0 Å². The van der Waals surface area contributed by atoms with Crippen molar-refractivity contribution in [1.82, 2.24) is 9.80 Å². The summed E-state index contributed by atoms with van der Waals surface area (Å²) < 4.78 is 23.7. The van der Waals surface area contributed by atoms with Crippen LogP contribution in [0.5, 0.6) is 0 Å². The number of likely N-dealkylation sites (tertiary alicyclic amines) is 1. The Morgan fingerprint density at radius 2 is 1.81 bits per heavy atom. The van der Waals surface area contributed by atoms with E-state index in [-0.39, 0.29) is 63.0 Å². The molecule has 2 aliphatic heterocycles. The molecular weight excluding hydrogens is 464 g/mol. The fourth-order valence-electron chi connectivity index (χ4n) is 4.41. The number of aliphatic hydroxyl groups is 1. The molecule has 6 nitrogen and oxygen atoms in total. The van der Waals surface area contributed by atoms with E-state index in [0.29, 0.717) is 13.1 Å². The molecule has 4 rings (SSSR count). The number of amides is 1. The number of aliphatic hydroxyl groups excluding tert-OH is 1. The summed E-state index contributed by atoms with van der Waals surface area (Å²) in [4.78, 5) is 17.1. The number of carbonyl (C=O) groups excluding carboxylic acids is 1. The van der Waals surface area contributed by atoms with Crippen LogP contribution in [0.25, 0.3) is 0 Å². The largest absolute Gasteiger partial charge is 0.392 e. The number of carbonyl (C=O) groups is 1. The van der Waals surface area contributed by atoms with Crippen molar-refractivity contribution in [3.63, 3.8) is 0 Å². The van der Waals surface area contributed by atoms with E-state index in [1.165, 1.54) is 0 Å². The summed E-state index contributed by atoms with van der Waals surface area (Å²) >= 11 is 0. The Kier molecular flexibility index (Phi) is 9.25. The number of rotatable bonds is 6. The fraction of sp³-hybridized carbons (Fsp3) is 0.435. The third-order valence-electron chi connectivity index (χ3n) is 6.10. The maximum absolute atomic E-state index is 13.1. The Bertz CT molecular complexity index is 1030. The Labute approximate surface area is 204 Å². The van der Waals surface area contributed by atoms with Gasteiger partial charge in [-0.1, -0.05) is 48.5 Å². The topological polar surface area (TPSA) is 77.9 Å². The maximum atomic E-state index is 13.1. The number of β-amino-alcohol motifs (C(OH)–C–C–N with tert-alkyl or cyclic N) is 1. The summed E-state index contributed by atoms with van der Waals surface area (Å²) in [6, 6.07) is 15.4. The molecule has 2 aromatic carbocycles. The highest BCUT2D eigenvalue weighted by Crippen LogP contribution is 2.27. The summed E-state index contributed by atoms with van der Waals surface area (Å²) in [5.41, 5.74) is 3.56. The van der Waals surface area contributed by atoms with Gasteiger partial charge in [-0.3, -0.25) is 9.69 Å². The highest BCUT2D eigenvalue weighted by Gasteiger charge is 2.29. The Morgan fingerprint density at radius 1 is 1.12 bits per heavy atom. The molecule has 1 fully saturated rings. The molecule has 0 radical (unpaired) electrons. The van der Waals surface area contributed by atoms with Gasteiger partial charge >= 0.3 is 0 Å². The normalized spacial score (nSPS) is 20.0. The minimum atomic E-state index is -3.06. The lowest BCUT2D eigenvalue weighted by Gasteiger charge is -2.32. The van der Waals surface area contributed by atoms with Gasteiger partial charge in [0.2, 0.25) is 5.91 Å². The molecule has 176 valence electrons. The van der Waals surface area contributed by atoms with Gasteiger partial charge in [0.1, 0.15) is 0 Å². The minimum absolute atomic E-state index is 0. The summed E-state index contributed by atoms with van der Waals surface area (Å²) in [7, 11) is -1.23. The summed E-state index contributed by atoms with van der Waals surface area (Å²) in [5, 5.41) is 9.87. The smallest absolute Gasteiger partial charge is 0.227 e. The van der Waals surface area contributed by atoms with Crippen molar-refractivity contribution in [1.29, 1.82) is 0 Å². The van der Waals surface area contributed by atoms with Gasteiger partial charge in [0.05, 0.1) is 30.1 Å². The van der Waals surface area contributed by atoms with Crippen LogP contribution >= 0.6 is 27.0 Å². The van der Waals surface area contributed by atoms with Crippen LogP contribution in [0.3, 0.4) is 0 Å². The first-order valence-corrected chi connectivity index (χ1v) is 12.1. The summed E-state index contributed by atoms with van der Waals surface area (Å²) in [5.74, 6) is 0.141. The third-order valence-corrected chi connectivity index (χ3v) is 7.60. The lowest BCUT2D eigenvalue weighted by atomic mass is 10.0. The second kappa shape index (κ2) is 11.1. The van der Waals surface area contributed by atoms with Crippen molar-refractivity contribution in [2.75, 3.05) is 26.7 Å². The molecule has 0 saturated carbocycles. The van der Waals surface area contributed by atoms with Crippen LogP contribution in [0.15, 0.2) is 48.5 Å². The zero-order valence-electron chi connectivity index (χ0n) is 18.2.